The molecule has 1 aromatic rings. The van der Waals surface area contributed by atoms with Crippen molar-refractivity contribution < 1.29 is 4.74 Å². The third kappa shape index (κ3) is 3.22. The van der Waals surface area contributed by atoms with Gasteiger partial charge in [0.05, 0.1) is 12.7 Å². The summed E-state index contributed by atoms with van der Waals surface area (Å²) in [5, 5.41) is 0.180. The van der Waals surface area contributed by atoms with E-state index in [0.717, 1.165) is 23.9 Å². The Balaban J connectivity index is 1.94. The Labute approximate surface area is 110 Å². The van der Waals surface area contributed by atoms with Crippen LogP contribution in [0.1, 0.15) is 18.9 Å². The third-order valence-corrected chi connectivity index (χ3v) is 4.06. The average molecular weight is 304 g/mol. The van der Waals surface area contributed by atoms with Crippen LogP contribution < -0.4 is 0 Å². The highest BCUT2D eigenvalue weighted by molar-refractivity contribution is 9.10. The van der Waals surface area contributed by atoms with Gasteiger partial charge in [0.2, 0.25) is 0 Å². The van der Waals surface area contributed by atoms with Gasteiger partial charge in [-0.15, -0.1) is 11.6 Å². The first-order valence-electron chi connectivity index (χ1n) is 5.65. The molecule has 3 unspecified atom stereocenters. The van der Waals surface area contributed by atoms with Crippen LogP contribution in [0.3, 0.4) is 0 Å². The van der Waals surface area contributed by atoms with Crippen molar-refractivity contribution in [1.82, 2.24) is 0 Å². The van der Waals surface area contributed by atoms with E-state index in [4.69, 9.17) is 16.3 Å². The van der Waals surface area contributed by atoms with Crippen molar-refractivity contribution in [2.45, 2.75) is 31.2 Å². The summed E-state index contributed by atoms with van der Waals surface area (Å²) in [6, 6.07) is 8.35. The smallest absolute Gasteiger partial charge is 0.0551 e. The summed E-state index contributed by atoms with van der Waals surface area (Å²) < 4.78 is 6.67. The number of alkyl halides is 1. The second-order valence-electron chi connectivity index (χ2n) is 4.49. The molecule has 1 aromatic carbocycles. The van der Waals surface area contributed by atoms with E-state index >= 15 is 0 Å². The number of ether oxygens (including phenoxy) is 1. The SMILES string of the molecule is CC1CC(C(Cl)Cc2cccc(Br)c2)CO1. The fraction of sp³-hybridized carbons (Fsp3) is 0.538. The predicted molar refractivity (Wildman–Crippen MR) is 71.0 cm³/mol. The van der Waals surface area contributed by atoms with Crippen molar-refractivity contribution in [3.8, 4) is 0 Å². The minimum Gasteiger partial charge on any atom is -0.378 e. The van der Waals surface area contributed by atoms with Crippen molar-refractivity contribution in [3.63, 3.8) is 0 Å². The molecule has 88 valence electrons. The molecule has 3 atom stereocenters. The van der Waals surface area contributed by atoms with Crippen LogP contribution in [0.25, 0.3) is 0 Å². The van der Waals surface area contributed by atoms with Gasteiger partial charge < -0.3 is 4.74 Å². The molecular weight excluding hydrogens is 287 g/mol. The highest BCUT2D eigenvalue weighted by Crippen LogP contribution is 2.28. The maximum atomic E-state index is 6.44. The van der Waals surface area contributed by atoms with Crippen molar-refractivity contribution in [1.29, 1.82) is 0 Å². The van der Waals surface area contributed by atoms with Gasteiger partial charge in [-0.25, -0.2) is 0 Å². The first-order valence-corrected chi connectivity index (χ1v) is 6.88. The normalized spacial score (nSPS) is 26.9. The molecule has 0 radical (unpaired) electrons. The summed E-state index contributed by atoms with van der Waals surface area (Å²) in [6.07, 6.45) is 2.37. The Morgan fingerprint density at radius 3 is 3.00 bits per heavy atom. The lowest BCUT2D eigenvalue weighted by molar-refractivity contribution is 0.120. The summed E-state index contributed by atoms with van der Waals surface area (Å²) in [4.78, 5) is 0. The summed E-state index contributed by atoms with van der Waals surface area (Å²) >= 11 is 9.92. The van der Waals surface area contributed by atoms with Crippen LogP contribution in [-0.2, 0) is 11.2 Å². The second kappa shape index (κ2) is 5.52. The Morgan fingerprint density at radius 2 is 2.38 bits per heavy atom. The maximum Gasteiger partial charge on any atom is 0.0551 e. The highest BCUT2D eigenvalue weighted by Gasteiger charge is 2.28. The molecule has 1 heterocycles. The van der Waals surface area contributed by atoms with Gasteiger partial charge in [0.1, 0.15) is 0 Å². The van der Waals surface area contributed by atoms with Gasteiger partial charge >= 0.3 is 0 Å². The fourth-order valence-corrected chi connectivity index (χ4v) is 2.96. The maximum absolute atomic E-state index is 6.44. The molecule has 1 aliphatic heterocycles. The highest BCUT2D eigenvalue weighted by atomic mass is 79.9. The molecule has 0 saturated carbocycles. The monoisotopic (exact) mass is 302 g/mol. The van der Waals surface area contributed by atoms with Gasteiger partial charge in [0, 0.05) is 15.8 Å². The Morgan fingerprint density at radius 1 is 1.56 bits per heavy atom. The molecule has 1 saturated heterocycles. The van der Waals surface area contributed by atoms with Gasteiger partial charge in [-0.1, -0.05) is 28.1 Å². The summed E-state index contributed by atoms with van der Waals surface area (Å²) in [5.74, 6) is 0.496. The molecule has 0 aromatic heterocycles. The van der Waals surface area contributed by atoms with Crippen LogP contribution in [0.5, 0.6) is 0 Å². The Kier molecular flexibility index (Phi) is 4.28. The lowest BCUT2D eigenvalue weighted by Crippen LogP contribution is -2.17. The largest absolute Gasteiger partial charge is 0.378 e. The summed E-state index contributed by atoms with van der Waals surface area (Å²) in [7, 11) is 0. The molecule has 0 amide bonds. The van der Waals surface area contributed by atoms with E-state index < -0.39 is 0 Å². The van der Waals surface area contributed by atoms with Crippen LogP contribution in [0.2, 0.25) is 0 Å². The molecule has 1 fully saturated rings. The van der Waals surface area contributed by atoms with Gasteiger partial charge in [0.15, 0.2) is 0 Å². The van der Waals surface area contributed by atoms with E-state index in [1.807, 2.05) is 6.07 Å². The van der Waals surface area contributed by atoms with Crippen LogP contribution in [0, 0.1) is 5.92 Å². The molecule has 0 bridgehead atoms. The topological polar surface area (TPSA) is 9.23 Å². The van der Waals surface area contributed by atoms with Crippen LogP contribution in [0.4, 0.5) is 0 Å². The predicted octanol–water partition coefficient (Wildman–Crippen LogP) is 4.02. The van der Waals surface area contributed by atoms with Gasteiger partial charge in [-0.3, -0.25) is 0 Å². The zero-order chi connectivity index (χ0) is 11.5. The van der Waals surface area contributed by atoms with Gasteiger partial charge in [-0.05, 0) is 37.5 Å². The summed E-state index contributed by atoms with van der Waals surface area (Å²) in [5.41, 5.74) is 1.29. The molecule has 1 nitrogen and oxygen atoms in total. The van der Waals surface area contributed by atoms with E-state index in [1.54, 1.807) is 0 Å². The van der Waals surface area contributed by atoms with Crippen LogP contribution >= 0.6 is 27.5 Å². The molecule has 1 aliphatic rings. The molecule has 2 rings (SSSR count). The first-order chi connectivity index (χ1) is 7.65. The third-order valence-electron chi connectivity index (χ3n) is 3.06. The number of halogens is 2. The average Bonchev–Trinajstić information content (AvgIpc) is 2.65. The molecule has 0 spiro atoms. The standard InChI is InChI=1S/C13H16BrClO/c1-9-5-11(8-16-9)13(15)7-10-3-2-4-12(14)6-10/h2-4,6,9,11,13H,5,7-8H2,1H3. The van der Waals surface area contributed by atoms with Crippen molar-refractivity contribution in [2.75, 3.05) is 6.61 Å². The van der Waals surface area contributed by atoms with E-state index in [-0.39, 0.29) is 5.38 Å². The van der Waals surface area contributed by atoms with E-state index in [1.165, 1.54) is 5.56 Å². The number of rotatable bonds is 3. The molecular formula is C13H16BrClO. The van der Waals surface area contributed by atoms with Crippen molar-refractivity contribution >= 4 is 27.5 Å². The van der Waals surface area contributed by atoms with E-state index in [2.05, 4.69) is 41.1 Å². The zero-order valence-corrected chi connectivity index (χ0v) is 11.7. The summed E-state index contributed by atoms with van der Waals surface area (Å²) in [6.45, 7) is 2.92. The molecule has 16 heavy (non-hydrogen) atoms. The number of benzene rings is 1. The quantitative estimate of drug-likeness (QED) is 0.766. The fourth-order valence-electron chi connectivity index (χ4n) is 2.16. The van der Waals surface area contributed by atoms with Crippen molar-refractivity contribution in [2.24, 2.45) is 5.92 Å². The van der Waals surface area contributed by atoms with Crippen molar-refractivity contribution in [3.05, 3.63) is 34.3 Å². The Hall–Kier alpha value is -0.0500. The van der Waals surface area contributed by atoms with Crippen LogP contribution in [0.15, 0.2) is 28.7 Å². The number of hydrogen-bond donors (Lipinski definition) is 0. The lowest BCUT2D eigenvalue weighted by Gasteiger charge is -2.15. The second-order valence-corrected chi connectivity index (χ2v) is 5.97. The molecule has 0 aliphatic carbocycles. The lowest BCUT2D eigenvalue weighted by atomic mass is 9.97. The minimum absolute atomic E-state index is 0.180. The minimum atomic E-state index is 0.180. The Bertz CT molecular complexity index is 356. The van der Waals surface area contributed by atoms with Gasteiger partial charge in [-0.2, -0.15) is 0 Å². The molecule has 3 heteroatoms. The van der Waals surface area contributed by atoms with E-state index in [9.17, 15) is 0 Å². The molecule has 0 N–H and O–H groups in total. The van der Waals surface area contributed by atoms with Gasteiger partial charge in [0.25, 0.3) is 0 Å². The zero-order valence-electron chi connectivity index (χ0n) is 9.33. The van der Waals surface area contributed by atoms with Crippen LogP contribution in [-0.4, -0.2) is 18.1 Å². The first kappa shape index (κ1) is 12.4. The van der Waals surface area contributed by atoms with E-state index in [0.29, 0.717) is 12.0 Å². The number of hydrogen-bond acceptors (Lipinski definition) is 1.